The van der Waals surface area contributed by atoms with Crippen LogP contribution in [0.1, 0.15) is 24.0 Å². The van der Waals surface area contributed by atoms with Gasteiger partial charge in [0.2, 0.25) is 0 Å². The summed E-state index contributed by atoms with van der Waals surface area (Å²) in [6.07, 6.45) is 0. The Kier molecular flexibility index (Phi) is 4.33. The van der Waals surface area contributed by atoms with Crippen LogP contribution in [-0.2, 0) is 0 Å². The second-order valence-corrected chi connectivity index (χ2v) is 5.63. The third kappa shape index (κ3) is 2.79. The highest BCUT2D eigenvalue weighted by atomic mass is 15.1. The van der Waals surface area contributed by atoms with Gasteiger partial charge >= 0.3 is 0 Å². The molecule has 0 aliphatic carbocycles. The molecule has 0 amide bonds. The zero-order chi connectivity index (χ0) is 14.7. The van der Waals surface area contributed by atoms with E-state index in [2.05, 4.69) is 93.4 Å². The van der Waals surface area contributed by atoms with Crippen LogP contribution in [0.2, 0.25) is 0 Å². The number of benzene rings is 2. The maximum absolute atomic E-state index is 2.28. The Bertz CT molecular complexity index is 522. The van der Waals surface area contributed by atoms with Crippen molar-refractivity contribution in [3.05, 3.63) is 59.7 Å². The number of anilines is 2. The van der Waals surface area contributed by atoms with E-state index in [1.54, 1.807) is 0 Å². The van der Waals surface area contributed by atoms with Gasteiger partial charge in [-0.25, -0.2) is 0 Å². The fourth-order valence-electron chi connectivity index (χ4n) is 2.69. The summed E-state index contributed by atoms with van der Waals surface area (Å²) in [5.41, 5.74) is 5.31. The first kappa shape index (κ1) is 14.4. The normalized spacial score (nSPS) is 10.7. The fraction of sp³-hybridized carbons (Fsp3) is 0.333. The number of rotatable bonds is 4. The topological polar surface area (TPSA) is 6.48 Å². The molecule has 0 saturated carbocycles. The second-order valence-electron chi connectivity index (χ2n) is 5.63. The minimum Gasteiger partial charge on any atom is -0.377 e. The van der Waals surface area contributed by atoms with Gasteiger partial charge in [0.15, 0.2) is 0 Å². The third-order valence-corrected chi connectivity index (χ3v) is 3.77. The van der Waals surface area contributed by atoms with Gasteiger partial charge in [-0.05, 0) is 23.3 Å². The lowest BCUT2D eigenvalue weighted by Gasteiger charge is -2.25. The summed E-state index contributed by atoms with van der Waals surface area (Å²) in [5, 5.41) is 0. The predicted molar refractivity (Wildman–Crippen MR) is 89.1 cm³/mol. The zero-order valence-corrected chi connectivity index (χ0v) is 13.1. The molecule has 106 valence electrons. The van der Waals surface area contributed by atoms with Gasteiger partial charge in [-0.1, -0.05) is 43.3 Å². The van der Waals surface area contributed by atoms with E-state index in [1.165, 1.54) is 22.5 Å². The van der Waals surface area contributed by atoms with E-state index in [9.17, 15) is 0 Å². The van der Waals surface area contributed by atoms with Crippen LogP contribution in [0.25, 0.3) is 0 Å². The van der Waals surface area contributed by atoms with E-state index in [0.29, 0.717) is 5.92 Å². The Balaban J connectivity index is 2.50. The van der Waals surface area contributed by atoms with Crippen molar-refractivity contribution in [1.29, 1.82) is 0 Å². The molecular weight excluding hydrogens is 244 g/mol. The highest BCUT2D eigenvalue weighted by Gasteiger charge is 2.17. The van der Waals surface area contributed by atoms with Crippen molar-refractivity contribution in [3.8, 4) is 0 Å². The Morgan fingerprint density at radius 3 is 1.35 bits per heavy atom. The molecule has 0 fully saturated rings. The molecule has 0 bridgehead atoms. The summed E-state index contributed by atoms with van der Waals surface area (Å²) < 4.78 is 0. The largest absolute Gasteiger partial charge is 0.377 e. The van der Waals surface area contributed by atoms with Gasteiger partial charge in [-0.3, -0.25) is 0 Å². The van der Waals surface area contributed by atoms with E-state index in [0.717, 1.165) is 0 Å². The SMILES string of the molecule is CC(c1ccccc1N(C)C)c1ccccc1N(C)C. The summed E-state index contributed by atoms with van der Waals surface area (Å²) in [4.78, 5) is 4.37. The van der Waals surface area contributed by atoms with E-state index in [1.807, 2.05) is 0 Å². The zero-order valence-electron chi connectivity index (χ0n) is 13.1. The Morgan fingerprint density at radius 2 is 1.00 bits per heavy atom. The lowest BCUT2D eigenvalue weighted by Crippen LogP contribution is -2.15. The standard InChI is InChI=1S/C18H24N2/c1-14(15-10-6-8-12-17(15)19(2)3)16-11-7-9-13-18(16)20(4)5/h6-14H,1-5H3. The van der Waals surface area contributed by atoms with Gasteiger partial charge in [0, 0.05) is 45.5 Å². The number of hydrogen-bond acceptors (Lipinski definition) is 2. The van der Waals surface area contributed by atoms with Gasteiger partial charge in [0.05, 0.1) is 0 Å². The second kappa shape index (κ2) is 6.00. The molecule has 0 unspecified atom stereocenters. The molecule has 0 aromatic heterocycles. The molecule has 0 aliphatic heterocycles. The van der Waals surface area contributed by atoms with Gasteiger partial charge in [-0.15, -0.1) is 0 Å². The Hall–Kier alpha value is -1.96. The molecule has 2 aromatic carbocycles. The molecule has 0 N–H and O–H groups in total. The van der Waals surface area contributed by atoms with E-state index < -0.39 is 0 Å². The molecule has 0 heterocycles. The minimum atomic E-state index is 0.368. The van der Waals surface area contributed by atoms with Crippen LogP contribution in [0.4, 0.5) is 11.4 Å². The van der Waals surface area contributed by atoms with Gasteiger partial charge in [-0.2, -0.15) is 0 Å². The van der Waals surface area contributed by atoms with Crippen molar-refractivity contribution in [2.75, 3.05) is 38.0 Å². The smallest absolute Gasteiger partial charge is 0.0399 e. The summed E-state index contributed by atoms with van der Waals surface area (Å²) in [5.74, 6) is 0.368. The molecule has 20 heavy (non-hydrogen) atoms. The molecule has 0 atom stereocenters. The first-order valence-electron chi connectivity index (χ1n) is 7.05. The maximum Gasteiger partial charge on any atom is 0.0399 e. The first-order chi connectivity index (χ1) is 9.52. The lowest BCUT2D eigenvalue weighted by molar-refractivity contribution is 0.899. The van der Waals surface area contributed by atoms with Crippen molar-refractivity contribution in [2.45, 2.75) is 12.8 Å². The van der Waals surface area contributed by atoms with Crippen molar-refractivity contribution < 1.29 is 0 Å². The summed E-state index contributed by atoms with van der Waals surface area (Å²) in [6.45, 7) is 2.28. The average molecular weight is 268 g/mol. The molecule has 0 spiro atoms. The van der Waals surface area contributed by atoms with Crippen LogP contribution < -0.4 is 9.80 Å². The molecule has 0 aliphatic rings. The van der Waals surface area contributed by atoms with Crippen LogP contribution in [0, 0.1) is 0 Å². The first-order valence-corrected chi connectivity index (χ1v) is 7.05. The number of para-hydroxylation sites is 2. The average Bonchev–Trinajstić information content (AvgIpc) is 2.46. The van der Waals surface area contributed by atoms with Crippen molar-refractivity contribution in [1.82, 2.24) is 0 Å². The van der Waals surface area contributed by atoms with Crippen LogP contribution in [0.15, 0.2) is 48.5 Å². The van der Waals surface area contributed by atoms with Crippen LogP contribution >= 0.6 is 0 Å². The Labute approximate surface area is 122 Å². The summed E-state index contributed by atoms with van der Waals surface area (Å²) >= 11 is 0. The van der Waals surface area contributed by atoms with Crippen molar-refractivity contribution >= 4 is 11.4 Å². The van der Waals surface area contributed by atoms with Gasteiger partial charge < -0.3 is 9.80 Å². The predicted octanol–water partition coefficient (Wildman–Crippen LogP) is 3.97. The van der Waals surface area contributed by atoms with E-state index in [4.69, 9.17) is 0 Å². The maximum atomic E-state index is 2.28. The summed E-state index contributed by atoms with van der Waals surface area (Å²) in [7, 11) is 8.40. The van der Waals surface area contributed by atoms with Crippen LogP contribution in [0.5, 0.6) is 0 Å². The Morgan fingerprint density at radius 1 is 0.650 bits per heavy atom. The van der Waals surface area contributed by atoms with Crippen molar-refractivity contribution in [2.24, 2.45) is 0 Å². The molecule has 2 rings (SSSR count). The molecule has 2 nitrogen and oxygen atoms in total. The van der Waals surface area contributed by atoms with Crippen LogP contribution in [0.3, 0.4) is 0 Å². The van der Waals surface area contributed by atoms with Crippen LogP contribution in [-0.4, -0.2) is 28.2 Å². The summed E-state index contributed by atoms with van der Waals surface area (Å²) in [6, 6.07) is 17.3. The van der Waals surface area contributed by atoms with E-state index >= 15 is 0 Å². The third-order valence-electron chi connectivity index (χ3n) is 3.77. The number of nitrogens with zero attached hydrogens (tertiary/aromatic N) is 2. The van der Waals surface area contributed by atoms with Gasteiger partial charge in [0.1, 0.15) is 0 Å². The lowest BCUT2D eigenvalue weighted by atomic mass is 9.90. The minimum absolute atomic E-state index is 0.368. The molecular formula is C18H24N2. The molecule has 0 saturated heterocycles. The molecule has 2 heteroatoms. The highest BCUT2D eigenvalue weighted by molar-refractivity contribution is 5.61. The van der Waals surface area contributed by atoms with E-state index in [-0.39, 0.29) is 0 Å². The fourth-order valence-corrected chi connectivity index (χ4v) is 2.69. The van der Waals surface area contributed by atoms with Crippen molar-refractivity contribution in [3.63, 3.8) is 0 Å². The monoisotopic (exact) mass is 268 g/mol. The number of hydrogen-bond donors (Lipinski definition) is 0. The molecule has 2 aromatic rings. The highest BCUT2D eigenvalue weighted by Crippen LogP contribution is 2.35. The quantitative estimate of drug-likeness (QED) is 0.828. The molecule has 0 radical (unpaired) electrons. The van der Waals surface area contributed by atoms with Gasteiger partial charge in [0.25, 0.3) is 0 Å².